The van der Waals surface area contributed by atoms with E-state index in [9.17, 15) is 4.89 Å². The molecule has 1 aliphatic carbocycles. The van der Waals surface area contributed by atoms with E-state index >= 15 is 0 Å². The topological polar surface area (TPSA) is 78.4 Å². The van der Waals surface area contributed by atoms with Gasteiger partial charge in [-0.2, -0.15) is 14.9 Å². The van der Waals surface area contributed by atoms with E-state index < -0.39 is 20.4 Å². The Labute approximate surface area is 116 Å². The summed E-state index contributed by atoms with van der Waals surface area (Å²) in [6.45, 7) is 0. The maximum atomic E-state index is 12.2. The maximum Gasteiger partial charge on any atom is 0.450 e. The Morgan fingerprint density at radius 3 is 1.80 bits per heavy atom. The molecule has 6 heteroatoms. The summed E-state index contributed by atoms with van der Waals surface area (Å²) in [6, 6.07) is 15.8. The van der Waals surface area contributed by atoms with E-state index in [1.165, 1.54) is 0 Å². The quantitative estimate of drug-likeness (QED) is 0.640. The normalized spacial score (nSPS) is 30.5. The minimum atomic E-state index is -3.58. The molecule has 3 N–H and O–H groups in total. The van der Waals surface area contributed by atoms with Crippen molar-refractivity contribution in [2.24, 2.45) is 0 Å². The fourth-order valence-electron chi connectivity index (χ4n) is 2.89. The number of fused-ring (bicyclic) bond motifs is 6. The highest BCUT2D eigenvalue weighted by molar-refractivity contribution is 7.54. The Morgan fingerprint density at radius 2 is 1.35 bits per heavy atom. The van der Waals surface area contributed by atoms with Crippen LogP contribution in [0.15, 0.2) is 48.5 Å². The molecule has 0 aromatic heterocycles. The molecule has 0 spiro atoms. The first kappa shape index (κ1) is 12.4. The van der Waals surface area contributed by atoms with Crippen LogP contribution in [0.1, 0.15) is 23.3 Å². The van der Waals surface area contributed by atoms with Crippen molar-refractivity contribution in [1.29, 1.82) is 0 Å². The standard InChI is InChI=1S/C14H13NO4P/c15-19-20(16)17-13-11-7-3-1-5-9(11)10-6-2-4-8-12(10)14(13)18-20/h1-8,13-14H,15H3/q+1. The molecule has 2 aliphatic rings. The third-order valence-electron chi connectivity index (χ3n) is 3.74. The van der Waals surface area contributed by atoms with E-state index in [2.05, 4.69) is 10.5 Å². The Hall–Kier alpha value is -1.33. The van der Waals surface area contributed by atoms with Gasteiger partial charge in [-0.05, 0) is 26.9 Å². The molecule has 1 heterocycles. The van der Waals surface area contributed by atoms with E-state index in [0.29, 0.717) is 0 Å². The fourth-order valence-corrected chi connectivity index (χ4v) is 4.07. The molecule has 2 aromatic carbocycles. The second kappa shape index (κ2) is 4.33. The van der Waals surface area contributed by atoms with Crippen molar-refractivity contribution in [3.63, 3.8) is 0 Å². The van der Waals surface area contributed by atoms with Gasteiger partial charge in [0.15, 0.2) is 12.2 Å². The van der Waals surface area contributed by atoms with Gasteiger partial charge >= 0.3 is 8.17 Å². The zero-order chi connectivity index (χ0) is 13.7. The molecule has 2 atom stereocenters. The monoisotopic (exact) mass is 290 g/mol. The van der Waals surface area contributed by atoms with Gasteiger partial charge in [0.2, 0.25) is 0 Å². The molecule has 0 bridgehead atoms. The van der Waals surface area contributed by atoms with Crippen molar-refractivity contribution in [2.75, 3.05) is 0 Å². The van der Waals surface area contributed by atoms with Gasteiger partial charge in [-0.15, -0.1) is 0 Å². The zero-order valence-corrected chi connectivity index (χ0v) is 11.5. The summed E-state index contributed by atoms with van der Waals surface area (Å²) in [7, 11) is -3.58. The Balaban J connectivity index is 1.94. The molecular formula is C14H13NO4P+. The zero-order valence-electron chi connectivity index (χ0n) is 10.6. The summed E-state index contributed by atoms with van der Waals surface area (Å²) in [5, 5.41) is 0. The molecule has 2 unspecified atom stereocenters. The molecule has 102 valence electrons. The molecule has 1 fully saturated rings. The van der Waals surface area contributed by atoms with Crippen molar-refractivity contribution in [3.8, 4) is 11.1 Å². The van der Waals surface area contributed by atoms with Crippen molar-refractivity contribution in [1.82, 2.24) is 0 Å². The van der Waals surface area contributed by atoms with E-state index in [0.717, 1.165) is 22.3 Å². The van der Waals surface area contributed by atoms with Gasteiger partial charge in [0, 0.05) is 0 Å². The summed E-state index contributed by atoms with van der Waals surface area (Å²) in [6.07, 6.45) is -0.845. The van der Waals surface area contributed by atoms with Gasteiger partial charge in [0.25, 0.3) is 0 Å². The van der Waals surface area contributed by atoms with Crippen LogP contribution in [0.25, 0.3) is 11.1 Å². The van der Waals surface area contributed by atoms with Crippen LogP contribution in [-0.2, 0) is 13.7 Å². The van der Waals surface area contributed by atoms with Gasteiger partial charge in [-0.1, -0.05) is 48.5 Å². The maximum absolute atomic E-state index is 12.2. The second-order valence-electron chi connectivity index (χ2n) is 4.80. The Bertz CT molecular complexity index is 624. The van der Waals surface area contributed by atoms with Crippen molar-refractivity contribution in [2.45, 2.75) is 12.2 Å². The molecule has 0 radical (unpaired) electrons. The first-order valence-electron chi connectivity index (χ1n) is 6.31. The van der Waals surface area contributed by atoms with Crippen LogP contribution in [0.2, 0.25) is 0 Å². The van der Waals surface area contributed by atoms with Gasteiger partial charge in [-0.25, -0.2) is 0 Å². The smallest absolute Gasteiger partial charge is 0.450 e. The average molecular weight is 290 g/mol. The number of quaternary nitrogens is 1. The van der Waals surface area contributed by atoms with Crippen molar-refractivity contribution in [3.05, 3.63) is 59.7 Å². The highest BCUT2D eigenvalue weighted by Gasteiger charge is 2.57. The lowest BCUT2D eigenvalue weighted by Gasteiger charge is -2.25. The SMILES string of the molecule is [NH3+]O[P+]1([O-])OC2c3ccccc3-c3ccccc3C2O1. The molecule has 20 heavy (non-hydrogen) atoms. The third-order valence-corrected chi connectivity index (χ3v) is 5.03. The Kier molecular flexibility index (Phi) is 2.69. The van der Waals surface area contributed by atoms with Gasteiger partial charge in [-0.3, -0.25) is 0 Å². The number of phosphoric acid groups is 1. The summed E-state index contributed by atoms with van der Waals surface area (Å²) < 4.78 is 15.7. The van der Waals surface area contributed by atoms with Crippen LogP contribution in [0.5, 0.6) is 0 Å². The molecular weight excluding hydrogens is 277 g/mol. The van der Waals surface area contributed by atoms with Crippen LogP contribution < -0.4 is 10.8 Å². The fraction of sp³-hybridized carbons (Fsp3) is 0.143. The highest BCUT2D eigenvalue weighted by Crippen LogP contribution is 2.69. The minimum absolute atomic E-state index is 0.423. The number of hydrogen-bond acceptors (Lipinski definition) is 4. The lowest BCUT2D eigenvalue weighted by atomic mass is 9.82. The molecule has 0 amide bonds. The predicted molar refractivity (Wildman–Crippen MR) is 70.4 cm³/mol. The van der Waals surface area contributed by atoms with E-state index in [-0.39, 0.29) is 0 Å². The molecule has 2 aromatic rings. The van der Waals surface area contributed by atoms with E-state index in [4.69, 9.17) is 9.05 Å². The number of rotatable bonds is 1. The number of benzene rings is 2. The number of phosphoric ester groups is 1. The van der Waals surface area contributed by atoms with Gasteiger partial charge < -0.3 is 4.89 Å². The van der Waals surface area contributed by atoms with Crippen molar-refractivity contribution < 1.29 is 24.5 Å². The minimum Gasteiger partial charge on any atom is -0.601 e. The summed E-state index contributed by atoms with van der Waals surface area (Å²) >= 11 is 0. The molecule has 1 saturated heterocycles. The van der Waals surface area contributed by atoms with Crippen LogP contribution >= 0.6 is 8.17 Å². The predicted octanol–water partition coefficient (Wildman–Crippen LogP) is 1.71. The molecule has 4 rings (SSSR count). The van der Waals surface area contributed by atoms with Crippen LogP contribution in [0, 0.1) is 0 Å². The van der Waals surface area contributed by atoms with Crippen LogP contribution in [-0.4, -0.2) is 0 Å². The summed E-state index contributed by atoms with van der Waals surface area (Å²) in [4.78, 5) is 12.2. The lowest BCUT2D eigenvalue weighted by molar-refractivity contribution is -0.655. The largest absolute Gasteiger partial charge is 0.601 e. The van der Waals surface area contributed by atoms with Crippen LogP contribution in [0.4, 0.5) is 0 Å². The molecule has 1 aliphatic heterocycles. The number of hydrogen-bond donors (Lipinski definition) is 1. The lowest BCUT2D eigenvalue weighted by Crippen LogP contribution is -2.50. The average Bonchev–Trinajstić information content (AvgIpc) is 2.87. The van der Waals surface area contributed by atoms with Crippen molar-refractivity contribution >= 4 is 8.17 Å². The highest BCUT2D eigenvalue weighted by atomic mass is 31.2. The molecule has 5 nitrogen and oxygen atoms in total. The van der Waals surface area contributed by atoms with Gasteiger partial charge in [0.1, 0.15) is 0 Å². The van der Waals surface area contributed by atoms with Crippen LogP contribution in [0.3, 0.4) is 0 Å². The summed E-state index contributed by atoms with van der Waals surface area (Å²) in [5.74, 6) is 3.20. The second-order valence-corrected chi connectivity index (χ2v) is 6.38. The molecule has 0 saturated carbocycles. The van der Waals surface area contributed by atoms with E-state index in [1.807, 2.05) is 48.5 Å². The third kappa shape index (κ3) is 1.66. The first-order valence-corrected chi connectivity index (χ1v) is 7.77. The Morgan fingerprint density at radius 1 is 0.900 bits per heavy atom. The summed E-state index contributed by atoms with van der Waals surface area (Å²) in [5.41, 5.74) is 4.08. The van der Waals surface area contributed by atoms with Gasteiger partial charge in [0.05, 0.1) is 0 Å². The first-order chi connectivity index (χ1) is 9.72. The van der Waals surface area contributed by atoms with E-state index in [1.54, 1.807) is 0 Å².